The summed E-state index contributed by atoms with van der Waals surface area (Å²) in [5.41, 5.74) is 0.788. The largest absolute Gasteiger partial charge is 0.495 e. The molecule has 1 fully saturated rings. The van der Waals surface area contributed by atoms with E-state index in [1.807, 2.05) is 27.7 Å². The summed E-state index contributed by atoms with van der Waals surface area (Å²) in [6.07, 6.45) is 0. The fourth-order valence-electron chi connectivity index (χ4n) is 3.31. The van der Waals surface area contributed by atoms with Crippen LogP contribution in [0.2, 0.25) is 30.7 Å². The first kappa shape index (κ1) is 23.1. The Balaban J connectivity index is 1.89. The molecule has 2 aliphatic rings. The first-order valence-electron chi connectivity index (χ1n) is 9.90. The highest BCUT2D eigenvalue weighted by atomic mass is 35.5. The monoisotopic (exact) mass is 459 g/mol. The number of hydrogen-bond acceptors (Lipinski definition) is 5. The van der Waals surface area contributed by atoms with Crippen LogP contribution in [0.4, 0.5) is 5.69 Å². The van der Waals surface area contributed by atoms with E-state index in [9.17, 15) is 8.42 Å². The van der Waals surface area contributed by atoms with Crippen LogP contribution in [0.25, 0.3) is 0 Å². The van der Waals surface area contributed by atoms with Crippen LogP contribution in [-0.4, -0.2) is 48.1 Å². The minimum absolute atomic E-state index is 0.0354. The molecule has 0 N–H and O–H groups in total. The van der Waals surface area contributed by atoms with E-state index in [1.165, 1.54) is 4.31 Å². The van der Waals surface area contributed by atoms with Crippen LogP contribution in [0.3, 0.4) is 0 Å². The SMILES string of the molecule is CC1(C)OB(c2ccc(Cl)c3c2CS(=O)(=O)N3COCC[Si](C)(C)C)OC1(C)C. The van der Waals surface area contributed by atoms with E-state index in [-0.39, 0.29) is 12.5 Å². The van der Waals surface area contributed by atoms with Crippen LogP contribution in [0.1, 0.15) is 33.3 Å². The van der Waals surface area contributed by atoms with Crippen molar-refractivity contribution in [3.05, 3.63) is 22.7 Å². The average Bonchev–Trinajstić information content (AvgIpc) is 2.92. The van der Waals surface area contributed by atoms with Gasteiger partial charge in [0.2, 0.25) is 10.0 Å². The number of rotatable bonds is 6. The summed E-state index contributed by atoms with van der Waals surface area (Å²) in [6, 6.07) is 4.47. The zero-order chi connectivity index (χ0) is 21.8. The summed E-state index contributed by atoms with van der Waals surface area (Å²) < 4.78 is 45.1. The van der Waals surface area contributed by atoms with Crippen molar-refractivity contribution in [1.29, 1.82) is 0 Å². The van der Waals surface area contributed by atoms with Crippen molar-refractivity contribution < 1.29 is 22.5 Å². The molecule has 0 amide bonds. The number of fused-ring (bicyclic) bond motifs is 1. The van der Waals surface area contributed by atoms with E-state index in [4.69, 9.17) is 25.6 Å². The Bertz CT molecular complexity index is 885. The minimum atomic E-state index is -3.57. The third-order valence-electron chi connectivity index (χ3n) is 5.89. The highest BCUT2D eigenvalue weighted by Gasteiger charge is 2.53. The zero-order valence-corrected chi connectivity index (χ0v) is 20.9. The lowest BCUT2D eigenvalue weighted by Crippen LogP contribution is -2.41. The van der Waals surface area contributed by atoms with E-state index in [0.717, 1.165) is 6.04 Å². The summed E-state index contributed by atoms with van der Waals surface area (Å²) in [6.45, 7) is 15.1. The fraction of sp³-hybridized carbons (Fsp3) is 0.684. The number of sulfonamides is 1. The molecular weight excluding hydrogens is 429 g/mol. The van der Waals surface area contributed by atoms with Crippen LogP contribution in [0.15, 0.2) is 12.1 Å². The van der Waals surface area contributed by atoms with Crippen LogP contribution >= 0.6 is 11.6 Å². The maximum atomic E-state index is 12.9. The average molecular weight is 460 g/mol. The van der Waals surface area contributed by atoms with Crippen molar-refractivity contribution in [3.8, 4) is 0 Å². The van der Waals surface area contributed by atoms with Gasteiger partial charge in [0.15, 0.2) is 0 Å². The van der Waals surface area contributed by atoms with Gasteiger partial charge in [-0.05, 0) is 50.8 Å². The first-order valence-corrected chi connectivity index (χ1v) is 15.6. The molecule has 0 atom stereocenters. The molecule has 162 valence electrons. The molecule has 2 heterocycles. The van der Waals surface area contributed by atoms with Gasteiger partial charge in [0.05, 0.1) is 27.7 Å². The van der Waals surface area contributed by atoms with Gasteiger partial charge in [-0.15, -0.1) is 0 Å². The van der Waals surface area contributed by atoms with Gasteiger partial charge in [0, 0.05) is 14.7 Å². The van der Waals surface area contributed by atoms with Gasteiger partial charge in [-0.25, -0.2) is 12.7 Å². The molecule has 2 aliphatic heterocycles. The zero-order valence-electron chi connectivity index (χ0n) is 18.3. The van der Waals surface area contributed by atoms with Crippen molar-refractivity contribution in [2.24, 2.45) is 0 Å². The van der Waals surface area contributed by atoms with Crippen molar-refractivity contribution >= 4 is 48.0 Å². The highest BCUT2D eigenvalue weighted by Crippen LogP contribution is 2.41. The summed E-state index contributed by atoms with van der Waals surface area (Å²) in [4.78, 5) is 0. The normalized spacial score (nSPS) is 22.2. The molecule has 0 aromatic heterocycles. The Labute approximate surface area is 181 Å². The van der Waals surface area contributed by atoms with Crippen LogP contribution in [0, 0.1) is 0 Å². The number of halogens is 1. The summed E-state index contributed by atoms with van der Waals surface area (Å²) in [7, 11) is -5.47. The van der Waals surface area contributed by atoms with Crippen LogP contribution < -0.4 is 9.77 Å². The van der Waals surface area contributed by atoms with Crippen molar-refractivity contribution in [2.45, 2.75) is 70.3 Å². The van der Waals surface area contributed by atoms with Gasteiger partial charge in [-0.2, -0.15) is 0 Å². The van der Waals surface area contributed by atoms with Crippen molar-refractivity contribution in [3.63, 3.8) is 0 Å². The molecular formula is C19H31BClNO5SSi. The summed E-state index contributed by atoms with van der Waals surface area (Å²) >= 11 is 6.43. The number of ether oxygens (including phenoxy) is 1. The van der Waals surface area contributed by atoms with Crippen LogP contribution in [-0.2, 0) is 29.8 Å². The number of hydrogen-bond donors (Lipinski definition) is 0. The third-order valence-corrected chi connectivity index (χ3v) is 9.52. The van der Waals surface area contributed by atoms with E-state index in [1.54, 1.807) is 12.1 Å². The third kappa shape index (κ3) is 4.55. The molecule has 0 radical (unpaired) electrons. The number of anilines is 1. The number of nitrogens with zero attached hydrogens (tertiary/aromatic N) is 1. The second kappa shape index (κ2) is 7.53. The van der Waals surface area contributed by atoms with Crippen LogP contribution in [0.5, 0.6) is 0 Å². The number of benzene rings is 1. The van der Waals surface area contributed by atoms with E-state index in [0.29, 0.717) is 28.3 Å². The molecule has 29 heavy (non-hydrogen) atoms. The van der Waals surface area contributed by atoms with E-state index < -0.39 is 36.4 Å². The lowest BCUT2D eigenvalue weighted by molar-refractivity contribution is 0.00578. The summed E-state index contributed by atoms with van der Waals surface area (Å²) in [5, 5.41) is 0.384. The fourth-order valence-corrected chi connectivity index (χ4v) is 5.94. The Morgan fingerprint density at radius 3 is 2.31 bits per heavy atom. The predicted molar refractivity (Wildman–Crippen MR) is 121 cm³/mol. The molecule has 3 rings (SSSR count). The maximum Gasteiger partial charge on any atom is 0.495 e. The Morgan fingerprint density at radius 1 is 1.17 bits per heavy atom. The standard InChI is InChI=1S/C19H31BClNO5SSi/c1-18(2)19(3,4)27-20(26-18)15-8-9-16(21)17-14(15)12-28(23,24)22(17)13-25-10-11-29(5,6)7/h8-9H,10-13H2,1-7H3. The second-order valence-corrected chi connectivity index (χ2v) is 17.9. The Hall–Kier alpha value is -0.578. The lowest BCUT2D eigenvalue weighted by atomic mass is 9.76. The highest BCUT2D eigenvalue weighted by molar-refractivity contribution is 7.92. The smallest absolute Gasteiger partial charge is 0.399 e. The molecule has 6 nitrogen and oxygen atoms in total. The quantitative estimate of drug-likeness (QED) is 0.480. The van der Waals surface area contributed by atoms with Gasteiger partial charge in [-0.1, -0.05) is 37.3 Å². The summed E-state index contributed by atoms with van der Waals surface area (Å²) in [5.74, 6) is -0.139. The molecule has 1 aromatic carbocycles. The lowest BCUT2D eigenvalue weighted by Gasteiger charge is -2.32. The van der Waals surface area contributed by atoms with Gasteiger partial charge in [-0.3, -0.25) is 0 Å². The Morgan fingerprint density at radius 2 is 1.76 bits per heavy atom. The molecule has 1 aromatic rings. The predicted octanol–water partition coefficient (Wildman–Crippen LogP) is 3.60. The van der Waals surface area contributed by atoms with Gasteiger partial charge >= 0.3 is 7.12 Å². The molecule has 0 aliphatic carbocycles. The van der Waals surface area contributed by atoms with E-state index in [2.05, 4.69) is 19.6 Å². The molecule has 1 saturated heterocycles. The molecule has 0 spiro atoms. The molecule has 0 bridgehead atoms. The van der Waals surface area contributed by atoms with Gasteiger partial charge in [0.1, 0.15) is 6.73 Å². The topological polar surface area (TPSA) is 65.1 Å². The van der Waals surface area contributed by atoms with Crippen molar-refractivity contribution in [2.75, 3.05) is 17.6 Å². The Kier molecular flexibility index (Phi) is 6.00. The first-order chi connectivity index (χ1) is 13.1. The second-order valence-electron chi connectivity index (χ2n) is 10.0. The van der Waals surface area contributed by atoms with Crippen molar-refractivity contribution in [1.82, 2.24) is 0 Å². The molecule has 0 saturated carbocycles. The molecule has 10 heteroatoms. The van der Waals surface area contributed by atoms with Gasteiger partial charge < -0.3 is 14.0 Å². The molecule has 0 unspecified atom stereocenters. The van der Waals surface area contributed by atoms with E-state index >= 15 is 0 Å². The minimum Gasteiger partial charge on any atom is -0.399 e. The van der Waals surface area contributed by atoms with Gasteiger partial charge in [0.25, 0.3) is 0 Å². The maximum absolute atomic E-state index is 12.9.